The third-order valence-corrected chi connectivity index (χ3v) is 6.37. The van der Waals surface area contributed by atoms with Gasteiger partial charge in [0.15, 0.2) is 0 Å². The Morgan fingerprint density at radius 2 is 1.89 bits per heavy atom. The highest BCUT2D eigenvalue weighted by Crippen LogP contribution is 2.24. The lowest BCUT2D eigenvalue weighted by atomic mass is 10.0. The van der Waals surface area contributed by atoms with E-state index < -0.39 is 10.8 Å². The maximum atomic E-state index is 12.7. The van der Waals surface area contributed by atoms with Crippen molar-refractivity contribution in [1.82, 2.24) is 10.3 Å². The van der Waals surface area contributed by atoms with Crippen LogP contribution in [0.2, 0.25) is 0 Å². The number of benzene rings is 2. The second-order valence-electron chi connectivity index (χ2n) is 7.34. The highest BCUT2D eigenvalue weighted by molar-refractivity contribution is 7.84. The normalized spacial score (nSPS) is 21.3. The highest BCUT2D eigenvalue weighted by Gasteiger charge is 2.18. The monoisotopic (exact) mass is 380 g/mol. The van der Waals surface area contributed by atoms with E-state index in [0.29, 0.717) is 17.9 Å². The van der Waals surface area contributed by atoms with Gasteiger partial charge in [-0.15, -0.1) is 0 Å². The summed E-state index contributed by atoms with van der Waals surface area (Å²) in [6, 6.07) is 16.4. The first-order chi connectivity index (χ1) is 13.1. The average molecular weight is 381 g/mol. The van der Waals surface area contributed by atoms with Gasteiger partial charge >= 0.3 is 0 Å². The molecule has 140 valence electrons. The molecule has 0 saturated heterocycles. The lowest BCUT2D eigenvalue weighted by molar-refractivity contribution is -0.121. The smallest absolute Gasteiger partial charge is 0.224 e. The number of amides is 1. The van der Waals surface area contributed by atoms with Crippen molar-refractivity contribution in [2.24, 2.45) is 0 Å². The maximum absolute atomic E-state index is 12.7. The highest BCUT2D eigenvalue weighted by atomic mass is 32.2. The van der Waals surface area contributed by atoms with Crippen LogP contribution in [-0.4, -0.2) is 26.9 Å². The molecule has 0 spiro atoms. The van der Waals surface area contributed by atoms with Crippen LogP contribution in [0.5, 0.6) is 0 Å². The van der Waals surface area contributed by atoms with Crippen LogP contribution < -0.4 is 5.32 Å². The first-order valence-electron chi connectivity index (χ1n) is 9.39. The van der Waals surface area contributed by atoms with E-state index in [0.717, 1.165) is 35.0 Å². The fourth-order valence-corrected chi connectivity index (χ4v) is 5.03. The van der Waals surface area contributed by atoms with E-state index in [1.807, 2.05) is 37.3 Å². The fourth-order valence-electron chi connectivity index (χ4n) is 3.85. The van der Waals surface area contributed by atoms with Crippen LogP contribution in [0, 0.1) is 0 Å². The summed E-state index contributed by atoms with van der Waals surface area (Å²) in [5, 5.41) is 4.17. The zero-order chi connectivity index (χ0) is 18.8. The average Bonchev–Trinajstić information content (AvgIpc) is 2.96. The molecule has 27 heavy (non-hydrogen) atoms. The van der Waals surface area contributed by atoms with Gasteiger partial charge in [0.1, 0.15) is 0 Å². The molecule has 0 fully saturated rings. The molecule has 2 heterocycles. The van der Waals surface area contributed by atoms with Gasteiger partial charge in [-0.2, -0.15) is 0 Å². The third kappa shape index (κ3) is 4.14. The van der Waals surface area contributed by atoms with Crippen molar-refractivity contribution < 1.29 is 9.00 Å². The summed E-state index contributed by atoms with van der Waals surface area (Å²) in [6.45, 7) is 2.04. The second-order valence-corrected chi connectivity index (χ2v) is 8.91. The van der Waals surface area contributed by atoms with Gasteiger partial charge in [0.05, 0.1) is 12.2 Å². The van der Waals surface area contributed by atoms with Crippen LogP contribution in [0.15, 0.2) is 48.5 Å². The van der Waals surface area contributed by atoms with Gasteiger partial charge < -0.3 is 10.3 Å². The van der Waals surface area contributed by atoms with Gasteiger partial charge in [-0.3, -0.25) is 9.00 Å². The van der Waals surface area contributed by atoms with Gasteiger partial charge in [-0.1, -0.05) is 42.5 Å². The lowest BCUT2D eigenvalue weighted by Gasteiger charge is -2.16. The maximum Gasteiger partial charge on any atom is 0.224 e. The van der Waals surface area contributed by atoms with Crippen LogP contribution >= 0.6 is 0 Å². The number of hydrogen-bond acceptors (Lipinski definition) is 2. The van der Waals surface area contributed by atoms with Crippen molar-refractivity contribution in [3.8, 4) is 0 Å². The minimum atomic E-state index is -0.984. The van der Waals surface area contributed by atoms with Gasteiger partial charge in [0.2, 0.25) is 5.91 Å². The molecule has 2 atom stereocenters. The predicted octanol–water partition coefficient (Wildman–Crippen LogP) is 3.26. The fraction of sp³-hybridized carbons (Fsp3) is 0.318. The van der Waals surface area contributed by atoms with Gasteiger partial charge in [-0.05, 0) is 42.5 Å². The van der Waals surface area contributed by atoms with Crippen molar-refractivity contribution in [2.75, 3.05) is 5.75 Å². The van der Waals surface area contributed by atoms with E-state index in [-0.39, 0.29) is 11.9 Å². The Kier molecular flexibility index (Phi) is 5.12. The van der Waals surface area contributed by atoms with E-state index >= 15 is 0 Å². The molecule has 1 aromatic heterocycles. The minimum Gasteiger partial charge on any atom is -0.357 e. The van der Waals surface area contributed by atoms with Crippen LogP contribution in [0.3, 0.4) is 0 Å². The number of carbonyl (C=O) groups excluding carboxylic acids is 1. The van der Waals surface area contributed by atoms with Crippen molar-refractivity contribution in [2.45, 2.75) is 38.0 Å². The Balaban J connectivity index is 1.70. The van der Waals surface area contributed by atoms with Gasteiger partial charge in [0.25, 0.3) is 0 Å². The Morgan fingerprint density at radius 1 is 1.07 bits per heavy atom. The van der Waals surface area contributed by atoms with Crippen LogP contribution in [-0.2, 0) is 40.6 Å². The third-order valence-electron chi connectivity index (χ3n) is 5.10. The zero-order valence-corrected chi connectivity index (χ0v) is 16.3. The minimum absolute atomic E-state index is 0.00694. The van der Waals surface area contributed by atoms with E-state index in [2.05, 4.69) is 28.5 Å². The Bertz CT molecular complexity index is 1010. The summed E-state index contributed by atoms with van der Waals surface area (Å²) in [4.78, 5) is 16.1. The quantitative estimate of drug-likeness (QED) is 0.629. The Morgan fingerprint density at radius 3 is 2.78 bits per heavy atom. The van der Waals surface area contributed by atoms with Crippen molar-refractivity contribution in [3.05, 3.63) is 70.9 Å². The van der Waals surface area contributed by atoms with E-state index in [1.165, 1.54) is 11.1 Å². The number of aromatic nitrogens is 1. The lowest BCUT2D eigenvalue weighted by Crippen LogP contribution is -2.35. The van der Waals surface area contributed by atoms with E-state index in [1.54, 1.807) is 0 Å². The van der Waals surface area contributed by atoms with Gasteiger partial charge in [0, 0.05) is 39.2 Å². The first-order valence-corrected chi connectivity index (χ1v) is 10.9. The van der Waals surface area contributed by atoms with Gasteiger partial charge in [-0.25, -0.2) is 0 Å². The van der Waals surface area contributed by atoms with Crippen LogP contribution in [0.4, 0.5) is 0 Å². The number of rotatable bonds is 0. The van der Waals surface area contributed by atoms with Crippen molar-refractivity contribution in [3.63, 3.8) is 0 Å². The topological polar surface area (TPSA) is 62.0 Å². The largest absolute Gasteiger partial charge is 0.357 e. The van der Waals surface area contributed by atoms with E-state index in [4.69, 9.17) is 0 Å². The molecule has 1 aliphatic heterocycles. The number of hydrogen-bond donors (Lipinski definition) is 2. The SMILES string of the molecule is CC1Cc2cccc(c2)CCS(=O)Cc2[nH]c3ccccc3c2CC(=O)N1. The molecule has 0 radical (unpaired) electrons. The summed E-state index contributed by atoms with van der Waals surface area (Å²) in [7, 11) is -0.984. The molecule has 2 aromatic carbocycles. The van der Waals surface area contributed by atoms with Crippen molar-refractivity contribution in [1.29, 1.82) is 0 Å². The van der Waals surface area contributed by atoms with Crippen molar-refractivity contribution >= 4 is 27.6 Å². The standard InChI is InChI=1S/C22H24N2O2S/c1-15-11-17-6-4-5-16(12-17)9-10-27(26)14-21-19(13-22(25)23-15)18-7-2-3-8-20(18)24-21/h2-8,12,15,24H,9-11,13-14H2,1H3,(H,23,25). The molecule has 0 aliphatic carbocycles. The molecule has 2 N–H and O–H groups in total. The number of aromatic amines is 1. The molecule has 4 rings (SSSR count). The zero-order valence-electron chi connectivity index (χ0n) is 15.5. The molecule has 1 aliphatic rings. The summed E-state index contributed by atoms with van der Waals surface area (Å²) in [5.41, 5.74) is 5.29. The molecule has 3 aromatic rings. The number of nitrogens with one attached hydrogen (secondary N) is 2. The molecule has 1 amide bonds. The summed E-state index contributed by atoms with van der Waals surface area (Å²) >= 11 is 0. The molecule has 5 heteroatoms. The summed E-state index contributed by atoms with van der Waals surface area (Å²) < 4.78 is 12.7. The molecule has 2 bridgehead atoms. The predicted molar refractivity (Wildman–Crippen MR) is 110 cm³/mol. The molecular weight excluding hydrogens is 356 g/mol. The molecule has 0 saturated carbocycles. The number of aryl methyl sites for hydroxylation is 1. The molecular formula is C22H24N2O2S. The number of fused-ring (bicyclic) bond motifs is 5. The van der Waals surface area contributed by atoms with Crippen LogP contribution in [0.1, 0.15) is 29.3 Å². The van der Waals surface area contributed by atoms with Crippen LogP contribution in [0.25, 0.3) is 10.9 Å². The summed E-state index contributed by atoms with van der Waals surface area (Å²) in [5.74, 6) is 1.08. The Labute approximate surface area is 161 Å². The second kappa shape index (κ2) is 7.69. The Hall–Kier alpha value is -2.40. The number of H-pyrrole nitrogens is 1. The number of carbonyl (C=O) groups is 1. The first kappa shape index (κ1) is 18.0. The van der Waals surface area contributed by atoms with E-state index in [9.17, 15) is 9.00 Å². The molecule has 2 unspecified atom stereocenters. The number of para-hydroxylation sites is 1. The molecule has 4 nitrogen and oxygen atoms in total. The summed E-state index contributed by atoms with van der Waals surface area (Å²) in [6.07, 6.45) is 1.90.